The number of anilines is 1. The highest BCUT2D eigenvalue weighted by Crippen LogP contribution is 2.19. The molecule has 2 amide bonds. The molecule has 1 saturated heterocycles. The summed E-state index contributed by atoms with van der Waals surface area (Å²) in [6.07, 6.45) is 0.153. The zero-order chi connectivity index (χ0) is 15.6. The summed E-state index contributed by atoms with van der Waals surface area (Å²) in [7, 11) is 0. The highest BCUT2D eigenvalue weighted by Gasteiger charge is 2.30. The van der Waals surface area contributed by atoms with Gasteiger partial charge in [-0.15, -0.1) is 0 Å². The summed E-state index contributed by atoms with van der Waals surface area (Å²) in [5, 5.41) is 12.5. The van der Waals surface area contributed by atoms with Gasteiger partial charge in [0.1, 0.15) is 0 Å². The first-order chi connectivity index (χ1) is 9.88. The van der Waals surface area contributed by atoms with E-state index in [4.69, 9.17) is 0 Å². The van der Waals surface area contributed by atoms with Crippen molar-refractivity contribution < 1.29 is 14.7 Å². The third-order valence-electron chi connectivity index (χ3n) is 4.03. The molecule has 0 spiro atoms. The minimum Gasteiger partial charge on any atom is -0.391 e. The van der Waals surface area contributed by atoms with E-state index in [-0.39, 0.29) is 12.5 Å². The average molecular weight is 290 g/mol. The molecule has 5 heteroatoms. The average Bonchev–Trinajstić information content (AvgIpc) is 2.44. The Morgan fingerprint density at radius 3 is 2.67 bits per heavy atom. The zero-order valence-electron chi connectivity index (χ0n) is 12.7. The Hall–Kier alpha value is -1.88. The van der Waals surface area contributed by atoms with Crippen molar-refractivity contribution in [2.75, 3.05) is 18.4 Å². The van der Waals surface area contributed by atoms with E-state index in [9.17, 15) is 14.7 Å². The fraction of sp³-hybridized carbons (Fsp3) is 0.500. The second-order valence-corrected chi connectivity index (χ2v) is 5.86. The van der Waals surface area contributed by atoms with E-state index < -0.39 is 17.9 Å². The molecule has 0 bridgehead atoms. The van der Waals surface area contributed by atoms with E-state index >= 15 is 0 Å². The van der Waals surface area contributed by atoms with Crippen LogP contribution in [0.5, 0.6) is 0 Å². The Morgan fingerprint density at radius 2 is 2.05 bits per heavy atom. The van der Waals surface area contributed by atoms with Crippen LogP contribution >= 0.6 is 0 Å². The van der Waals surface area contributed by atoms with Crippen LogP contribution in [-0.2, 0) is 9.59 Å². The highest BCUT2D eigenvalue weighted by molar-refractivity contribution is 6.39. The van der Waals surface area contributed by atoms with E-state index in [1.54, 1.807) is 6.07 Å². The molecule has 1 aromatic rings. The molecule has 5 nitrogen and oxygen atoms in total. The highest BCUT2D eigenvalue weighted by atomic mass is 16.3. The summed E-state index contributed by atoms with van der Waals surface area (Å²) in [6, 6.07) is 5.63. The van der Waals surface area contributed by atoms with Gasteiger partial charge in [0.05, 0.1) is 6.10 Å². The van der Waals surface area contributed by atoms with Gasteiger partial charge in [-0.1, -0.05) is 24.6 Å². The van der Waals surface area contributed by atoms with Gasteiger partial charge in [0.2, 0.25) is 0 Å². The standard InChI is InChI=1S/C16H22N2O3/c1-10-4-5-13(12(3)8-10)17-15(20)16(21)18-7-6-11(2)14(19)9-18/h4-5,8,11,14,19H,6-7,9H2,1-3H3,(H,17,20). The maximum atomic E-state index is 12.1. The van der Waals surface area contributed by atoms with Gasteiger partial charge in [-0.05, 0) is 37.8 Å². The molecule has 0 aromatic heterocycles. The first-order valence-electron chi connectivity index (χ1n) is 7.24. The smallest absolute Gasteiger partial charge is 0.313 e. The van der Waals surface area contributed by atoms with Crippen LogP contribution < -0.4 is 5.32 Å². The number of nitrogens with zero attached hydrogens (tertiary/aromatic N) is 1. The monoisotopic (exact) mass is 290 g/mol. The fourth-order valence-electron chi connectivity index (χ4n) is 2.51. The fourth-order valence-corrected chi connectivity index (χ4v) is 2.51. The molecule has 2 rings (SSSR count). The first-order valence-corrected chi connectivity index (χ1v) is 7.24. The zero-order valence-corrected chi connectivity index (χ0v) is 12.7. The van der Waals surface area contributed by atoms with Gasteiger partial charge in [0.15, 0.2) is 0 Å². The van der Waals surface area contributed by atoms with Crippen molar-refractivity contribution in [1.82, 2.24) is 4.90 Å². The van der Waals surface area contributed by atoms with Gasteiger partial charge in [-0.2, -0.15) is 0 Å². The number of likely N-dealkylation sites (tertiary alicyclic amines) is 1. The Kier molecular flexibility index (Phi) is 4.63. The number of rotatable bonds is 1. The number of aryl methyl sites for hydroxylation is 2. The summed E-state index contributed by atoms with van der Waals surface area (Å²) in [4.78, 5) is 25.6. The number of hydrogen-bond acceptors (Lipinski definition) is 3. The van der Waals surface area contributed by atoms with Crippen molar-refractivity contribution in [2.45, 2.75) is 33.3 Å². The molecular weight excluding hydrogens is 268 g/mol. The van der Waals surface area contributed by atoms with Crippen LogP contribution in [0.15, 0.2) is 18.2 Å². The van der Waals surface area contributed by atoms with Crippen molar-refractivity contribution in [3.63, 3.8) is 0 Å². The second kappa shape index (κ2) is 6.26. The van der Waals surface area contributed by atoms with E-state index in [2.05, 4.69) is 5.32 Å². The van der Waals surface area contributed by atoms with Crippen LogP contribution in [0, 0.1) is 19.8 Å². The molecule has 2 unspecified atom stereocenters. The first kappa shape index (κ1) is 15.5. The third-order valence-corrected chi connectivity index (χ3v) is 4.03. The maximum Gasteiger partial charge on any atom is 0.313 e. The number of piperidine rings is 1. The number of carbonyl (C=O) groups is 2. The van der Waals surface area contributed by atoms with Gasteiger partial charge in [0, 0.05) is 18.8 Å². The topological polar surface area (TPSA) is 69.6 Å². The molecule has 0 radical (unpaired) electrons. The van der Waals surface area contributed by atoms with Gasteiger partial charge < -0.3 is 15.3 Å². The quantitative estimate of drug-likeness (QED) is 0.770. The summed E-state index contributed by atoms with van der Waals surface area (Å²) in [6.45, 7) is 6.54. The van der Waals surface area contributed by atoms with Crippen molar-refractivity contribution in [3.8, 4) is 0 Å². The van der Waals surface area contributed by atoms with E-state index in [0.29, 0.717) is 18.7 Å². The SMILES string of the molecule is Cc1ccc(NC(=O)C(=O)N2CCC(C)C(O)C2)c(C)c1. The van der Waals surface area contributed by atoms with Crippen molar-refractivity contribution in [2.24, 2.45) is 5.92 Å². The molecule has 21 heavy (non-hydrogen) atoms. The van der Waals surface area contributed by atoms with Gasteiger partial charge >= 0.3 is 11.8 Å². The number of β-amino-alcohol motifs (C(OH)–C–C–N with tert-alkyl or cyclic N) is 1. The number of hydrogen-bond donors (Lipinski definition) is 2. The Morgan fingerprint density at radius 1 is 1.33 bits per heavy atom. The molecule has 1 aliphatic rings. The van der Waals surface area contributed by atoms with Crippen LogP contribution in [0.4, 0.5) is 5.69 Å². The summed E-state index contributed by atoms with van der Waals surface area (Å²) in [5.41, 5.74) is 2.67. The summed E-state index contributed by atoms with van der Waals surface area (Å²) in [5.74, 6) is -1.07. The van der Waals surface area contributed by atoms with Crippen molar-refractivity contribution >= 4 is 17.5 Å². The predicted octanol–water partition coefficient (Wildman–Crippen LogP) is 1.47. The van der Waals surface area contributed by atoms with Crippen LogP contribution in [-0.4, -0.2) is 41.0 Å². The molecule has 1 aromatic carbocycles. The Balaban J connectivity index is 2.01. The summed E-state index contributed by atoms with van der Waals surface area (Å²) < 4.78 is 0. The second-order valence-electron chi connectivity index (χ2n) is 5.86. The van der Waals surface area contributed by atoms with E-state index in [0.717, 1.165) is 11.1 Å². The number of amides is 2. The lowest BCUT2D eigenvalue weighted by Crippen LogP contribution is -2.49. The minimum atomic E-state index is -0.649. The van der Waals surface area contributed by atoms with Crippen LogP contribution in [0.1, 0.15) is 24.5 Å². The number of aliphatic hydroxyl groups excluding tert-OH is 1. The molecule has 2 N–H and O–H groups in total. The Bertz CT molecular complexity index is 556. The third kappa shape index (κ3) is 3.61. The largest absolute Gasteiger partial charge is 0.391 e. The molecular formula is C16H22N2O3. The minimum absolute atomic E-state index is 0.163. The van der Waals surface area contributed by atoms with E-state index in [1.807, 2.05) is 32.9 Å². The predicted molar refractivity (Wildman–Crippen MR) is 80.9 cm³/mol. The molecule has 1 fully saturated rings. The van der Waals surface area contributed by atoms with Crippen LogP contribution in [0.25, 0.3) is 0 Å². The molecule has 1 heterocycles. The van der Waals surface area contributed by atoms with Crippen molar-refractivity contribution in [3.05, 3.63) is 29.3 Å². The van der Waals surface area contributed by atoms with Gasteiger partial charge in [0.25, 0.3) is 0 Å². The lowest BCUT2D eigenvalue weighted by atomic mass is 9.96. The lowest BCUT2D eigenvalue weighted by molar-refractivity contribution is -0.146. The maximum absolute atomic E-state index is 12.1. The molecule has 1 aliphatic heterocycles. The van der Waals surface area contributed by atoms with E-state index in [1.165, 1.54) is 4.90 Å². The van der Waals surface area contributed by atoms with Crippen LogP contribution in [0.2, 0.25) is 0 Å². The number of benzene rings is 1. The molecule has 0 aliphatic carbocycles. The molecule has 114 valence electrons. The van der Waals surface area contributed by atoms with Crippen LogP contribution in [0.3, 0.4) is 0 Å². The van der Waals surface area contributed by atoms with Crippen molar-refractivity contribution in [1.29, 1.82) is 0 Å². The van der Waals surface area contributed by atoms with Gasteiger partial charge in [-0.3, -0.25) is 9.59 Å². The molecule has 2 atom stereocenters. The number of nitrogens with one attached hydrogen (secondary N) is 1. The number of aliphatic hydroxyl groups is 1. The summed E-state index contributed by atoms with van der Waals surface area (Å²) >= 11 is 0. The lowest BCUT2D eigenvalue weighted by Gasteiger charge is -2.33. The molecule has 0 saturated carbocycles. The Labute approximate surface area is 125 Å². The van der Waals surface area contributed by atoms with Gasteiger partial charge in [-0.25, -0.2) is 0 Å². The normalized spacial score (nSPS) is 22.0. The number of carbonyl (C=O) groups excluding carboxylic acids is 2.